The van der Waals surface area contributed by atoms with E-state index in [-0.39, 0.29) is 16.5 Å². The molecule has 1 saturated carbocycles. The van der Waals surface area contributed by atoms with Gasteiger partial charge in [0.2, 0.25) is 10.0 Å². The molecule has 8 heteroatoms. The number of primary sulfonamides is 1. The van der Waals surface area contributed by atoms with E-state index in [9.17, 15) is 18.3 Å². The maximum atomic E-state index is 11.4. The molecule has 128 valence electrons. The molecule has 1 aromatic rings. The average molecular weight is 342 g/mol. The molecule has 0 spiro atoms. The highest BCUT2D eigenvalue weighted by Crippen LogP contribution is 2.28. The van der Waals surface area contributed by atoms with Gasteiger partial charge < -0.3 is 15.2 Å². The van der Waals surface area contributed by atoms with Gasteiger partial charge in [0.15, 0.2) is 0 Å². The van der Waals surface area contributed by atoms with Gasteiger partial charge in [-0.05, 0) is 49.8 Å². The van der Waals surface area contributed by atoms with Crippen molar-refractivity contribution in [3.63, 3.8) is 0 Å². The zero-order valence-electron chi connectivity index (χ0n) is 13.0. The normalized spacial score (nSPS) is 21.8. The third kappa shape index (κ3) is 4.66. The molecule has 2 rings (SSSR count). The summed E-state index contributed by atoms with van der Waals surface area (Å²) in [5, 5.41) is 17.6. The third-order valence-corrected chi connectivity index (χ3v) is 5.07. The number of hydrogen-bond acceptors (Lipinski definition) is 5. The highest BCUT2D eigenvalue weighted by molar-refractivity contribution is 7.89. The van der Waals surface area contributed by atoms with Crippen molar-refractivity contribution in [2.75, 3.05) is 19.0 Å². The molecule has 0 unspecified atom stereocenters. The summed E-state index contributed by atoms with van der Waals surface area (Å²) in [6.45, 7) is 0.746. The van der Waals surface area contributed by atoms with Crippen LogP contribution in [0.25, 0.3) is 0 Å². The summed E-state index contributed by atoms with van der Waals surface area (Å²) in [5.41, 5.74) is 0.329. The highest BCUT2D eigenvalue weighted by atomic mass is 32.2. The van der Waals surface area contributed by atoms with Crippen molar-refractivity contribution in [2.45, 2.75) is 36.6 Å². The van der Waals surface area contributed by atoms with Gasteiger partial charge in [0.1, 0.15) is 0 Å². The lowest BCUT2D eigenvalue weighted by Crippen LogP contribution is -2.28. The van der Waals surface area contributed by atoms with Crippen molar-refractivity contribution in [2.24, 2.45) is 11.1 Å². The van der Waals surface area contributed by atoms with Crippen LogP contribution in [0.5, 0.6) is 0 Å². The van der Waals surface area contributed by atoms with E-state index in [1.165, 1.54) is 12.1 Å². The van der Waals surface area contributed by atoms with Crippen LogP contribution in [0.15, 0.2) is 23.1 Å². The number of hydrogen-bond donors (Lipinski definition) is 3. The molecule has 1 aromatic carbocycles. The van der Waals surface area contributed by atoms with Gasteiger partial charge in [-0.3, -0.25) is 0 Å². The first-order valence-corrected chi connectivity index (χ1v) is 9.01. The Labute approximate surface area is 135 Å². The maximum Gasteiger partial charge on any atom is 0.337 e. The second-order valence-electron chi connectivity index (χ2n) is 5.87. The summed E-state index contributed by atoms with van der Waals surface area (Å²) in [5.74, 6) is -0.646. The van der Waals surface area contributed by atoms with Gasteiger partial charge in [0.05, 0.1) is 10.5 Å². The fraction of sp³-hybridized carbons (Fsp3) is 0.533. The first-order chi connectivity index (χ1) is 10.8. The van der Waals surface area contributed by atoms with E-state index in [4.69, 9.17) is 9.88 Å². The lowest BCUT2D eigenvalue weighted by atomic mass is 9.86. The number of ether oxygens (including phenoxy) is 1. The molecule has 0 heterocycles. The number of benzene rings is 1. The molecule has 0 amide bonds. The van der Waals surface area contributed by atoms with Gasteiger partial charge in [-0.1, -0.05) is 0 Å². The molecule has 0 bridgehead atoms. The number of sulfonamides is 1. The fourth-order valence-corrected chi connectivity index (χ4v) is 3.47. The SMILES string of the molecule is COCC1CCC(Nc2ccc(S(N)(=O)=O)cc2C(=O)O)CC1. The van der Waals surface area contributed by atoms with Crippen LogP contribution in [0, 0.1) is 5.92 Å². The van der Waals surface area contributed by atoms with Crippen LogP contribution in [0.4, 0.5) is 5.69 Å². The van der Waals surface area contributed by atoms with Crippen LogP contribution < -0.4 is 10.5 Å². The Kier molecular flexibility index (Phi) is 5.61. The Hall–Kier alpha value is -1.64. The number of carboxylic acids is 1. The Morgan fingerprint density at radius 1 is 1.35 bits per heavy atom. The number of rotatable bonds is 6. The molecule has 0 saturated heterocycles. The number of aromatic carboxylic acids is 1. The lowest BCUT2D eigenvalue weighted by molar-refractivity contribution is 0.0697. The van der Waals surface area contributed by atoms with Crippen molar-refractivity contribution in [1.82, 2.24) is 0 Å². The topological polar surface area (TPSA) is 119 Å². The molecule has 4 N–H and O–H groups in total. The monoisotopic (exact) mass is 342 g/mol. The van der Waals surface area contributed by atoms with E-state index in [1.54, 1.807) is 7.11 Å². The van der Waals surface area contributed by atoms with Crippen LogP contribution in [-0.4, -0.2) is 39.3 Å². The Morgan fingerprint density at radius 2 is 2.00 bits per heavy atom. The van der Waals surface area contributed by atoms with Crippen molar-refractivity contribution in [3.05, 3.63) is 23.8 Å². The minimum atomic E-state index is -3.93. The summed E-state index contributed by atoms with van der Waals surface area (Å²) >= 11 is 0. The van der Waals surface area contributed by atoms with Gasteiger partial charge in [0.25, 0.3) is 0 Å². The van der Waals surface area contributed by atoms with E-state index in [0.717, 1.165) is 38.4 Å². The van der Waals surface area contributed by atoms with Gasteiger partial charge in [-0.15, -0.1) is 0 Å². The second-order valence-corrected chi connectivity index (χ2v) is 7.44. The van der Waals surface area contributed by atoms with Crippen molar-refractivity contribution in [3.8, 4) is 0 Å². The van der Waals surface area contributed by atoms with Gasteiger partial charge in [-0.25, -0.2) is 18.4 Å². The third-order valence-electron chi connectivity index (χ3n) is 4.16. The number of nitrogens with two attached hydrogens (primary N) is 1. The van der Waals surface area contributed by atoms with E-state index in [0.29, 0.717) is 11.6 Å². The van der Waals surface area contributed by atoms with Crippen LogP contribution in [0.2, 0.25) is 0 Å². The molecule has 1 aliphatic carbocycles. The van der Waals surface area contributed by atoms with Crippen LogP contribution in [0.1, 0.15) is 36.0 Å². The Bertz CT molecular complexity index is 666. The highest BCUT2D eigenvalue weighted by Gasteiger charge is 2.23. The summed E-state index contributed by atoms with van der Waals surface area (Å²) in [4.78, 5) is 11.2. The van der Waals surface area contributed by atoms with E-state index < -0.39 is 16.0 Å². The number of anilines is 1. The molecule has 7 nitrogen and oxygen atoms in total. The first-order valence-electron chi connectivity index (χ1n) is 7.47. The fourth-order valence-electron chi connectivity index (χ4n) is 2.93. The van der Waals surface area contributed by atoms with Crippen molar-refractivity contribution >= 4 is 21.7 Å². The molecule has 0 aromatic heterocycles. The summed E-state index contributed by atoms with van der Waals surface area (Å²) in [7, 11) is -2.24. The Balaban J connectivity index is 2.13. The van der Waals surface area contributed by atoms with E-state index >= 15 is 0 Å². The molecule has 23 heavy (non-hydrogen) atoms. The molecular formula is C15H22N2O5S. The number of nitrogens with one attached hydrogen (secondary N) is 1. The molecule has 1 fully saturated rings. The second kappa shape index (κ2) is 7.29. The van der Waals surface area contributed by atoms with Crippen LogP contribution in [0.3, 0.4) is 0 Å². The lowest BCUT2D eigenvalue weighted by Gasteiger charge is -2.29. The molecular weight excluding hydrogens is 320 g/mol. The molecule has 0 atom stereocenters. The zero-order valence-corrected chi connectivity index (χ0v) is 13.8. The zero-order chi connectivity index (χ0) is 17.0. The average Bonchev–Trinajstić information content (AvgIpc) is 2.48. The number of methoxy groups -OCH3 is 1. The van der Waals surface area contributed by atoms with Crippen LogP contribution >= 0.6 is 0 Å². The maximum absolute atomic E-state index is 11.4. The smallest absolute Gasteiger partial charge is 0.337 e. The predicted octanol–water partition coefficient (Wildman–Crippen LogP) is 1.65. The predicted molar refractivity (Wildman–Crippen MR) is 86.0 cm³/mol. The molecule has 0 radical (unpaired) electrons. The number of carboxylic acid groups (broad SMARTS) is 1. The van der Waals surface area contributed by atoms with E-state index in [2.05, 4.69) is 5.32 Å². The van der Waals surface area contributed by atoms with E-state index in [1.807, 2.05) is 0 Å². The van der Waals surface area contributed by atoms with Crippen molar-refractivity contribution in [1.29, 1.82) is 0 Å². The Morgan fingerprint density at radius 3 is 2.52 bits per heavy atom. The summed E-state index contributed by atoms with van der Waals surface area (Å²) in [6, 6.07) is 4.04. The first kappa shape index (κ1) is 17.7. The quantitative estimate of drug-likeness (QED) is 0.723. The molecule has 0 aliphatic heterocycles. The van der Waals surface area contributed by atoms with Gasteiger partial charge in [0, 0.05) is 25.4 Å². The minimum absolute atomic E-state index is 0.0875. The minimum Gasteiger partial charge on any atom is -0.478 e. The van der Waals surface area contributed by atoms with Gasteiger partial charge >= 0.3 is 5.97 Å². The van der Waals surface area contributed by atoms with Crippen molar-refractivity contribution < 1.29 is 23.1 Å². The number of carbonyl (C=O) groups is 1. The molecule has 1 aliphatic rings. The van der Waals surface area contributed by atoms with Crippen LogP contribution in [-0.2, 0) is 14.8 Å². The summed E-state index contributed by atoms with van der Waals surface area (Å²) < 4.78 is 27.9. The largest absolute Gasteiger partial charge is 0.478 e. The van der Waals surface area contributed by atoms with Gasteiger partial charge in [-0.2, -0.15) is 0 Å². The standard InChI is InChI=1S/C15H22N2O5S/c1-22-9-10-2-4-11(5-3-10)17-14-7-6-12(23(16,20)21)8-13(14)15(18)19/h6-8,10-11,17H,2-5,9H2,1H3,(H,18,19)(H2,16,20,21). The summed E-state index contributed by atoms with van der Waals surface area (Å²) in [6.07, 6.45) is 3.88.